The molecule has 4 heterocycles. The Bertz CT molecular complexity index is 1650. The number of nitrogens with zero attached hydrogens (tertiary/aromatic N) is 7. The van der Waals surface area contributed by atoms with Gasteiger partial charge in [0.05, 0.1) is 35.4 Å². The van der Waals surface area contributed by atoms with Crippen LogP contribution in [0.15, 0.2) is 34.2 Å². The third-order valence-corrected chi connectivity index (χ3v) is 6.79. The summed E-state index contributed by atoms with van der Waals surface area (Å²) in [6, 6.07) is 2.86. The van der Waals surface area contributed by atoms with Crippen molar-refractivity contribution in [3.05, 3.63) is 52.0 Å². The Morgan fingerprint density at radius 2 is 1.89 bits per heavy atom. The molecule has 0 unspecified atom stereocenters. The number of nitrogens with one attached hydrogen (secondary N) is 1. The van der Waals surface area contributed by atoms with Crippen molar-refractivity contribution in [3.8, 4) is 11.4 Å². The van der Waals surface area contributed by atoms with E-state index in [2.05, 4.69) is 30.2 Å². The quantitative estimate of drug-likeness (QED) is 0.323. The summed E-state index contributed by atoms with van der Waals surface area (Å²) in [7, 11) is -3.84. The zero-order valence-corrected chi connectivity index (χ0v) is 20.4. The molecule has 1 aliphatic rings. The highest BCUT2D eigenvalue weighted by Gasteiger charge is 2.31. The number of primary sulfonamides is 1. The molecular weight excluding hydrogens is 484 g/mol. The van der Waals surface area contributed by atoms with Crippen molar-refractivity contribution in [2.24, 2.45) is 5.14 Å². The molecule has 5 N–H and O–H groups in total. The van der Waals surface area contributed by atoms with E-state index in [0.29, 0.717) is 40.8 Å². The van der Waals surface area contributed by atoms with Crippen molar-refractivity contribution in [2.45, 2.75) is 50.6 Å². The second kappa shape index (κ2) is 8.87. The average molecular weight is 509 g/mol. The van der Waals surface area contributed by atoms with Crippen molar-refractivity contribution >= 4 is 33.0 Å². The van der Waals surface area contributed by atoms with Crippen LogP contribution in [-0.2, 0) is 23.1 Å². The van der Waals surface area contributed by atoms with Gasteiger partial charge in [-0.05, 0) is 38.8 Å². The molecule has 14 heteroatoms. The maximum Gasteiger partial charge on any atom is 0.294 e. The van der Waals surface area contributed by atoms with Gasteiger partial charge in [0.15, 0.2) is 17.3 Å². The van der Waals surface area contributed by atoms with E-state index in [1.165, 1.54) is 22.9 Å². The molecule has 0 atom stereocenters. The van der Waals surface area contributed by atoms with Crippen LogP contribution in [0, 0.1) is 6.92 Å². The first kappa shape index (κ1) is 23.7. The molecule has 0 saturated heterocycles. The first-order valence-corrected chi connectivity index (χ1v) is 12.8. The molecule has 13 nitrogen and oxygen atoms in total. The summed E-state index contributed by atoms with van der Waals surface area (Å²) in [5, 5.41) is 8.07. The summed E-state index contributed by atoms with van der Waals surface area (Å²) in [5.41, 5.74) is 9.10. The van der Waals surface area contributed by atoms with Crippen LogP contribution in [0.1, 0.15) is 42.8 Å². The predicted molar refractivity (Wildman–Crippen MR) is 132 cm³/mol. The monoisotopic (exact) mass is 508 g/mol. The summed E-state index contributed by atoms with van der Waals surface area (Å²) in [5.74, 6) is 1.04. The lowest BCUT2D eigenvalue weighted by Gasteiger charge is -2.14. The first-order valence-electron chi connectivity index (χ1n) is 11.3. The molecule has 1 fully saturated rings. The second-order valence-electron chi connectivity index (χ2n) is 8.50. The highest BCUT2D eigenvalue weighted by Crippen LogP contribution is 2.43. The molecule has 0 amide bonds. The Balaban J connectivity index is 1.51. The van der Waals surface area contributed by atoms with Crippen molar-refractivity contribution in [3.63, 3.8) is 0 Å². The molecule has 4 aromatic rings. The number of pyridine rings is 1. The molecule has 4 aromatic heterocycles. The number of nitrogens with two attached hydrogens (primary N) is 2. The lowest BCUT2D eigenvalue weighted by molar-refractivity contribution is 0.597. The molecule has 36 heavy (non-hydrogen) atoms. The van der Waals surface area contributed by atoms with Crippen LogP contribution in [0.2, 0.25) is 0 Å². The van der Waals surface area contributed by atoms with Gasteiger partial charge < -0.3 is 11.1 Å². The minimum Gasteiger partial charge on any atom is -0.368 e. The van der Waals surface area contributed by atoms with E-state index in [9.17, 15) is 13.2 Å². The third-order valence-electron chi connectivity index (χ3n) is 5.89. The highest BCUT2D eigenvalue weighted by molar-refractivity contribution is 7.89. The van der Waals surface area contributed by atoms with Gasteiger partial charge in [-0.15, -0.1) is 0 Å². The van der Waals surface area contributed by atoms with Crippen LogP contribution >= 0.6 is 0 Å². The Morgan fingerprint density at radius 3 is 2.53 bits per heavy atom. The zero-order chi connectivity index (χ0) is 25.6. The maximum absolute atomic E-state index is 13.2. The van der Waals surface area contributed by atoms with Crippen LogP contribution in [-0.4, -0.2) is 42.9 Å². The number of anilines is 2. The summed E-state index contributed by atoms with van der Waals surface area (Å²) in [6.45, 7) is 4.19. The maximum atomic E-state index is 13.2. The zero-order valence-electron chi connectivity index (χ0n) is 19.6. The minimum absolute atomic E-state index is 0.0945. The predicted octanol–water partition coefficient (Wildman–Crippen LogP) is 1.09. The van der Waals surface area contributed by atoms with E-state index in [-0.39, 0.29) is 28.8 Å². The summed E-state index contributed by atoms with van der Waals surface area (Å²) < 4.78 is 24.3. The molecule has 0 aromatic carbocycles. The van der Waals surface area contributed by atoms with Gasteiger partial charge >= 0.3 is 0 Å². The Morgan fingerprint density at radius 1 is 1.11 bits per heavy atom. The van der Waals surface area contributed by atoms with E-state index >= 15 is 0 Å². The van der Waals surface area contributed by atoms with Gasteiger partial charge in [0.2, 0.25) is 16.0 Å². The van der Waals surface area contributed by atoms with Gasteiger partial charge in [0, 0.05) is 18.7 Å². The van der Waals surface area contributed by atoms with Crippen LogP contribution < -0.4 is 21.7 Å². The first-order chi connectivity index (χ1) is 17.2. The number of hydrogen-bond acceptors (Lipinski definition) is 11. The van der Waals surface area contributed by atoms with Crippen molar-refractivity contribution in [1.29, 1.82) is 0 Å². The van der Waals surface area contributed by atoms with E-state index in [1.54, 1.807) is 6.20 Å². The van der Waals surface area contributed by atoms with Gasteiger partial charge in [0.1, 0.15) is 10.4 Å². The topological polar surface area (TPSA) is 198 Å². The molecule has 0 bridgehead atoms. The number of aromatic nitrogens is 7. The van der Waals surface area contributed by atoms with Gasteiger partial charge in [-0.25, -0.2) is 38.5 Å². The molecule has 5 rings (SSSR count). The normalized spacial score (nSPS) is 13.8. The Labute approximate surface area is 206 Å². The van der Waals surface area contributed by atoms with E-state index in [4.69, 9.17) is 15.9 Å². The van der Waals surface area contributed by atoms with E-state index in [0.717, 1.165) is 24.1 Å². The SMILES string of the molecule is CCn1c(=O)c(NCc2ccc(S(N)(=O)=O)cn2)nc2cnc(-c3c(C)nc(N)nc3C3CC3)nc21. The van der Waals surface area contributed by atoms with Gasteiger partial charge in [-0.2, -0.15) is 0 Å². The molecule has 0 spiro atoms. The van der Waals surface area contributed by atoms with Crippen LogP contribution in [0.5, 0.6) is 0 Å². The molecule has 1 aliphatic carbocycles. The van der Waals surface area contributed by atoms with Gasteiger partial charge in [-0.1, -0.05) is 0 Å². The average Bonchev–Trinajstić information content (AvgIpc) is 3.67. The summed E-state index contributed by atoms with van der Waals surface area (Å²) in [4.78, 5) is 39.5. The minimum atomic E-state index is -3.84. The van der Waals surface area contributed by atoms with Crippen LogP contribution in [0.3, 0.4) is 0 Å². The fourth-order valence-electron chi connectivity index (χ4n) is 3.97. The van der Waals surface area contributed by atoms with Gasteiger partial charge in [-0.3, -0.25) is 14.3 Å². The number of nitrogen functional groups attached to an aromatic ring is 1. The fraction of sp³-hybridized carbons (Fsp3) is 0.318. The van der Waals surface area contributed by atoms with E-state index < -0.39 is 10.0 Å². The molecule has 0 radical (unpaired) electrons. The number of sulfonamides is 1. The molecule has 186 valence electrons. The number of hydrogen-bond donors (Lipinski definition) is 3. The van der Waals surface area contributed by atoms with Crippen molar-refractivity contribution < 1.29 is 8.42 Å². The Hall–Kier alpha value is -4.04. The van der Waals surface area contributed by atoms with Crippen molar-refractivity contribution in [1.82, 2.24) is 34.5 Å². The second-order valence-corrected chi connectivity index (χ2v) is 10.1. The Kier molecular flexibility index (Phi) is 5.84. The highest BCUT2D eigenvalue weighted by atomic mass is 32.2. The molecular formula is C22H24N10O3S. The van der Waals surface area contributed by atoms with Crippen LogP contribution in [0.4, 0.5) is 11.8 Å². The number of aryl methyl sites for hydroxylation is 2. The molecule has 1 saturated carbocycles. The lowest BCUT2D eigenvalue weighted by atomic mass is 10.1. The summed E-state index contributed by atoms with van der Waals surface area (Å²) in [6.07, 6.45) is 4.78. The number of fused-ring (bicyclic) bond motifs is 1. The largest absolute Gasteiger partial charge is 0.368 e. The molecule has 0 aliphatic heterocycles. The third kappa shape index (κ3) is 4.47. The summed E-state index contributed by atoms with van der Waals surface area (Å²) >= 11 is 0. The smallest absolute Gasteiger partial charge is 0.294 e. The van der Waals surface area contributed by atoms with E-state index in [1.807, 2.05) is 13.8 Å². The number of rotatable bonds is 7. The lowest BCUT2D eigenvalue weighted by Crippen LogP contribution is -2.26. The van der Waals surface area contributed by atoms with Crippen molar-refractivity contribution in [2.75, 3.05) is 11.1 Å². The van der Waals surface area contributed by atoms with Gasteiger partial charge in [0.25, 0.3) is 5.56 Å². The fourth-order valence-corrected chi connectivity index (χ4v) is 4.43. The standard InChI is InChI=1S/C22H24N10O3S/c1-3-32-20-15(10-27-18(31-20)16-11(2)28-22(23)30-17(16)12-4-5-12)29-19(21(32)33)26-8-13-6-7-14(9-25-13)36(24,34)35/h6-7,9-10,12H,3-5,8H2,1-2H3,(H,26,29)(H2,23,28,30)(H2,24,34,35). The van der Waals surface area contributed by atoms with Crippen LogP contribution in [0.25, 0.3) is 22.6 Å².